The van der Waals surface area contributed by atoms with Crippen LogP contribution in [0.4, 0.5) is 5.69 Å². The summed E-state index contributed by atoms with van der Waals surface area (Å²) < 4.78 is 13.3. The molecule has 0 saturated carbocycles. The van der Waals surface area contributed by atoms with Crippen molar-refractivity contribution in [2.24, 2.45) is 10.4 Å². The normalized spacial score (nSPS) is 25.5. The molecule has 21 heavy (non-hydrogen) atoms. The number of hydrogen-bond donors (Lipinski definition) is 0. The third-order valence-corrected chi connectivity index (χ3v) is 4.79. The van der Waals surface area contributed by atoms with E-state index in [1.807, 2.05) is 0 Å². The lowest BCUT2D eigenvalue weighted by Gasteiger charge is -2.40. The predicted octanol–water partition coefficient (Wildman–Crippen LogP) is 3.30. The van der Waals surface area contributed by atoms with Crippen LogP contribution in [0, 0.1) is 5.41 Å². The number of anilines is 1. The van der Waals surface area contributed by atoms with Crippen molar-refractivity contribution in [2.75, 3.05) is 31.2 Å². The van der Waals surface area contributed by atoms with Crippen LogP contribution in [0.5, 0.6) is 0 Å². The van der Waals surface area contributed by atoms with Crippen molar-refractivity contribution in [2.45, 2.75) is 26.1 Å². The summed E-state index contributed by atoms with van der Waals surface area (Å²) in [7, 11) is 0. The molecule has 1 spiro atoms. The molecule has 0 aromatic heterocycles. The second-order valence-corrected chi connectivity index (χ2v) is 7.63. The van der Waals surface area contributed by atoms with Crippen LogP contribution in [0.15, 0.2) is 27.7 Å². The number of fused-ring (bicyclic) bond motifs is 5. The largest absolute Gasteiger partial charge is 0.340 e. The molecular formula is C16H19BrN2O2. The van der Waals surface area contributed by atoms with E-state index in [2.05, 4.69) is 52.9 Å². The second kappa shape index (κ2) is 4.54. The van der Waals surface area contributed by atoms with Gasteiger partial charge in [-0.2, -0.15) is 0 Å². The first-order valence-corrected chi connectivity index (χ1v) is 8.22. The molecular weight excluding hydrogens is 332 g/mol. The van der Waals surface area contributed by atoms with Crippen LogP contribution in [-0.4, -0.2) is 32.1 Å². The zero-order chi connectivity index (χ0) is 14.7. The van der Waals surface area contributed by atoms with Crippen LogP contribution in [0.25, 0.3) is 0 Å². The van der Waals surface area contributed by atoms with Gasteiger partial charge in [0.05, 0.1) is 18.9 Å². The van der Waals surface area contributed by atoms with Crippen molar-refractivity contribution < 1.29 is 9.47 Å². The van der Waals surface area contributed by atoms with Gasteiger partial charge in [-0.25, -0.2) is 0 Å². The fraction of sp³-hybridized carbons (Fsp3) is 0.562. The van der Waals surface area contributed by atoms with Crippen LogP contribution < -0.4 is 4.90 Å². The van der Waals surface area contributed by atoms with Crippen molar-refractivity contribution in [1.82, 2.24) is 0 Å². The van der Waals surface area contributed by atoms with Crippen molar-refractivity contribution in [1.29, 1.82) is 0 Å². The monoisotopic (exact) mass is 350 g/mol. The Labute approximate surface area is 133 Å². The van der Waals surface area contributed by atoms with E-state index in [1.54, 1.807) is 0 Å². The Hall–Kier alpha value is -0.910. The van der Waals surface area contributed by atoms with Gasteiger partial charge in [-0.3, -0.25) is 4.99 Å². The van der Waals surface area contributed by atoms with E-state index in [9.17, 15) is 0 Å². The molecule has 4 rings (SSSR count). The number of rotatable bonds is 0. The van der Waals surface area contributed by atoms with Crippen LogP contribution in [0.2, 0.25) is 0 Å². The minimum Gasteiger partial charge on any atom is -0.340 e. The Bertz CT molecular complexity index is 621. The zero-order valence-corrected chi connectivity index (χ0v) is 13.9. The molecule has 0 bridgehead atoms. The number of aliphatic imine (C=N–C) groups is 1. The van der Waals surface area contributed by atoms with Gasteiger partial charge < -0.3 is 14.4 Å². The highest BCUT2D eigenvalue weighted by atomic mass is 79.9. The summed E-state index contributed by atoms with van der Waals surface area (Å²) in [6.07, 6.45) is 0.934. The minimum absolute atomic E-state index is 0.161. The lowest BCUT2D eigenvalue weighted by molar-refractivity contribution is -0.228. The van der Waals surface area contributed by atoms with Crippen LogP contribution >= 0.6 is 15.9 Å². The number of hydrogen-bond acceptors (Lipinski definition) is 4. The minimum atomic E-state index is -0.798. The Morgan fingerprint density at radius 1 is 1.24 bits per heavy atom. The third kappa shape index (κ3) is 1.98. The standard InChI is InChI=1S/C16H19BrN2O2/c1-15(2)9-18-14-16(20-6-3-7-21-16)12-8-11(17)4-5-13(12)19(14)10-15/h4-5,8H,3,6-7,9-10H2,1-2H3. The molecule has 3 aliphatic rings. The van der Waals surface area contributed by atoms with Gasteiger partial charge in [0.1, 0.15) is 0 Å². The molecule has 0 unspecified atom stereocenters. The molecule has 112 valence electrons. The van der Waals surface area contributed by atoms with Gasteiger partial charge in [-0.1, -0.05) is 29.8 Å². The number of nitrogens with zero attached hydrogens (tertiary/aromatic N) is 2. The predicted molar refractivity (Wildman–Crippen MR) is 85.8 cm³/mol. The maximum Gasteiger partial charge on any atom is 0.257 e. The molecule has 1 aromatic rings. The highest BCUT2D eigenvalue weighted by Crippen LogP contribution is 2.49. The summed E-state index contributed by atoms with van der Waals surface area (Å²) >= 11 is 3.57. The second-order valence-electron chi connectivity index (χ2n) is 6.72. The maximum atomic E-state index is 6.13. The SMILES string of the molecule is CC1(C)CN=C2N(C1)c1ccc(Br)cc1C21OCCCO1. The van der Waals surface area contributed by atoms with Crippen LogP contribution in [-0.2, 0) is 15.3 Å². The number of amidine groups is 1. The van der Waals surface area contributed by atoms with Gasteiger partial charge in [-0.15, -0.1) is 0 Å². The van der Waals surface area contributed by atoms with Gasteiger partial charge >= 0.3 is 0 Å². The first-order valence-electron chi connectivity index (χ1n) is 7.42. The molecule has 4 nitrogen and oxygen atoms in total. The molecule has 0 radical (unpaired) electrons. The van der Waals surface area contributed by atoms with Crippen LogP contribution in [0.1, 0.15) is 25.8 Å². The quantitative estimate of drug-likeness (QED) is 0.719. The molecule has 0 amide bonds. The highest BCUT2D eigenvalue weighted by Gasteiger charge is 2.54. The topological polar surface area (TPSA) is 34.1 Å². The molecule has 0 atom stereocenters. The molecule has 1 fully saturated rings. The first-order chi connectivity index (χ1) is 10.0. The number of ether oxygens (including phenoxy) is 2. The molecule has 0 N–H and O–H groups in total. The Balaban J connectivity index is 1.91. The number of benzene rings is 1. The van der Waals surface area contributed by atoms with Crippen LogP contribution in [0.3, 0.4) is 0 Å². The van der Waals surface area contributed by atoms with Gasteiger partial charge in [0, 0.05) is 28.5 Å². The average molecular weight is 351 g/mol. The molecule has 1 aromatic carbocycles. The van der Waals surface area contributed by atoms with E-state index < -0.39 is 5.79 Å². The Kier molecular flexibility index (Phi) is 2.97. The third-order valence-electron chi connectivity index (χ3n) is 4.30. The zero-order valence-electron chi connectivity index (χ0n) is 12.4. The van der Waals surface area contributed by atoms with Gasteiger partial charge in [0.2, 0.25) is 0 Å². The molecule has 5 heteroatoms. The summed E-state index contributed by atoms with van der Waals surface area (Å²) in [5.41, 5.74) is 2.40. The van der Waals surface area contributed by atoms with Gasteiger partial charge in [0.25, 0.3) is 5.79 Å². The molecule has 3 heterocycles. The van der Waals surface area contributed by atoms with Gasteiger partial charge in [0.15, 0.2) is 5.84 Å². The van der Waals surface area contributed by atoms with E-state index in [4.69, 9.17) is 14.5 Å². The first kappa shape index (κ1) is 13.7. The fourth-order valence-corrected chi connectivity index (χ4v) is 3.71. The molecule has 3 aliphatic heterocycles. The summed E-state index contributed by atoms with van der Waals surface area (Å²) in [5.74, 6) is 0.128. The lowest BCUT2D eigenvalue weighted by Crippen LogP contribution is -2.52. The van der Waals surface area contributed by atoms with E-state index in [1.165, 1.54) is 0 Å². The van der Waals surface area contributed by atoms with E-state index >= 15 is 0 Å². The van der Waals surface area contributed by atoms with E-state index in [-0.39, 0.29) is 5.41 Å². The van der Waals surface area contributed by atoms with E-state index in [0.717, 1.165) is 41.1 Å². The molecule has 1 saturated heterocycles. The smallest absolute Gasteiger partial charge is 0.257 e. The number of halogens is 1. The Morgan fingerprint density at radius 3 is 2.76 bits per heavy atom. The lowest BCUT2D eigenvalue weighted by atomic mass is 9.91. The summed E-state index contributed by atoms with van der Waals surface area (Å²) in [6.45, 7) is 7.67. The average Bonchev–Trinajstić information content (AvgIpc) is 2.69. The summed E-state index contributed by atoms with van der Waals surface area (Å²) in [6, 6.07) is 6.31. The van der Waals surface area contributed by atoms with Crippen molar-refractivity contribution in [3.63, 3.8) is 0 Å². The fourth-order valence-electron chi connectivity index (χ4n) is 3.35. The van der Waals surface area contributed by atoms with Crippen molar-refractivity contribution in [3.05, 3.63) is 28.2 Å². The summed E-state index contributed by atoms with van der Waals surface area (Å²) in [5, 5.41) is 0. The van der Waals surface area contributed by atoms with E-state index in [0.29, 0.717) is 13.2 Å². The maximum absolute atomic E-state index is 6.13. The van der Waals surface area contributed by atoms with Gasteiger partial charge in [-0.05, 0) is 24.6 Å². The highest BCUT2D eigenvalue weighted by molar-refractivity contribution is 9.10. The summed E-state index contributed by atoms with van der Waals surface area (Å²) in [4.78, 5) is 7.12. The van der Waals surface area contributed by atoms with Crippen molar-refractivity contribution >= 4 is 27.5 Å². The Morgan fingerprint density at radius 2 is 2.00 bits per heavy atom. The molecule has 0 aliphatic carbocycles. The van der Waals surface area contributed by atoms with Crippen molar-refractivity contribution in [3.8, 4) is 0 Å².